The minimum absolute atomic E-state index is 0.398. The molecular weight excluding hydrogens is 238 g/mol. The van der Waals surface area contributed by atoms with Gasteiger partial charge in [-0.25, -0.2) is 4.39 Å². The fourth-order valence-electron chi connectivity index (χ4n) is 1.22. The van der Waals surface area contributed by atoms with Crippen molar-refractivity contribution in [2.45, 2.75) is 0 Å². The first-order valence-corrected chi connectivity index (χ1v) is 4.22. The summed E-state index contributed by atoms with van der Waals surface area (Å²) in [5.41, 5.74) is 3.46. The van der Waals surface area contributed by atoms with Crippen molar-refractivity contribution in [3.8, 4) is 11.4 Å². The van der Waals surface area contributed by atoms with E-state index in [1.165, 1.54) is 0 Å². The van der Waals surface area contributed by atoms with Crippen molar-refractivity contribution in [2.24, 2.45) is 0 Å². The van der Waals surface area contributed by atoms with Crippen LogP contribution < -0.4 is 5.73 Å². The van der Waals surface area contributed by atoms with Gasteiger partial charge in [-0.15, -0.1) is 0 Å². The van der Waals surface area contributed by atoms with Crippen LogP contribution in [0.1, 0.15) is 0 Å². The predicted molar refractivity (Wildman–Crippen MR) is 50.7 cm³/mol. The van der Waals surface area contributed by atoms with Crippen molar-refractivity contribution >= 4 is 11.7 Å². The Morgan fingerprint density at radius 3 is 2.65 bits per heavy atom. The molecule has 0 amide bonds. The number of anilines is 1. The molecule has 0 saturated heterocycles. The summed E-state index contributed by atoms with van der Waals surface area (Å²) in [6.07, 6.45) is 0. The first kappa shape index (κ1) is 10.9. The van der Waals surface area contributed by atoms with E-state index >= 15 is 0 Å². The van der Waals surface area contributed by atoms with Gasteiger partial charge in [0.05, 0.1) is 4.92 Å². The molecule has 0 aliphatic rings. The lowest BCUT2D eigenvalue weighted by atomic mass is 10.1. The molecule has 0 bridgehead atoms. The van der Waals surface area contributed by atoms with Crippen molar-refractivity contribution in [2.75, 3.05) is 5.73 Å². The Kier molecular flexibility index (Phi) is 2.42. The Bertz CT molecular complexity index is 598. The maximum absolute atomic E-state index is 13.6. The highest BCUT2D eigenvalue weighted by molar-refractivity contribution is 5.61. The number of nitrogens with two attached hydrogens (primary N) is 1. The first-order valence-electron chi connectivity index (χ1n) is 4.22. The van der Waals surface area contributed by atoms with Crippen LogP contribution in [-0.2, 0) is 0 Å². The summed E-state index contributed by atoms with van der Waals surface area (Å²) in [4.78, 5) is 12.9. The molecule has 0 aliphatic carbocycles. The van der Waals surface area contributed by atoms with Gasteiger partial charge in [-0.05, 0) is 6.07 Å². The molecule has 0 spiro atoms. The Hall–Kier alpha value is -2.58. The van der Waals surface area contributed by atoms with Crippen LogP contribution in [-0.4, -0.2) is 15.1 Å². The van der Waals surface area contributed by atoms with Gasteiger partial charge in [-0.1, -0.05) is 5.16 Å². The van der Waals surface area contributed by atoms with Gasteiger partial charge in [0.1, 0.15) is 11.4 Å². The summed E-state index contributed by atoms with van der Waals surface area (Å²) in [5.74, 6) is -2.91. The van der Waals surface area contributed by atoms with E-state index in [1.807, 2.05) is 0 Å². The van der Waals surface area contributed by atoms with E-state index in [-0.39, 0.29) is 0 Å². The fraction of sp³-hybridized carbons (Fsp3) is 0. The van der Waals surface area contributed by atoms with Gasteiger partial charge in [0.25, 0.3) is 0 Å². The lowest BCUT2D eigenvalue weighted by Gasteiger charge is -2.00. The summed E-state index contributed by atoms with van der Waals surface area (Å²) in [6.45, 7) is 0. The molecule has 0 saturated carbocycles. The van der Waals surface area contributed by atoms with Crippen LogP contribution in [0.3, 0.4) is 0 Å². The molecule has 1 heterocycles. The molecule has 0 radical (unpaired) electrons. The number of hydrogen-bond acceptors (Lipinski definition) is 6. The number of nitro groups is 1. The van der Waals surface area contributed by atoms with Crippen LogP contribution in [0.5, 0.6) is 0 Å². The molecule has 1 aromatic carbocycles. The second-order valence-corrected chi connectivity index (χ2v) is 2.97. The Balaban J connectivity index is 2.68. The molecular formula is C8H4F2N4O3. The first-order chi connectivity index (χ1) is 8.00. The number of halogens is 2. The highest BCUT2D eigenvalue weighted by Gasteiger charge is 2.25. The zero-order valence-corrected chi connectivity index (χ0v) is 8.05. The lowest BCUT2D eigenvalue weighted by Crippen LogP contribution is -1.98. The van der Waals surface area contributed by atoms with Crippen molar-refractivity contribution in [3.05, 3.63) is 33.9 Å². The molecule has 0 aliphatic heterocycles. The maximum atomic E-state index is 13.6. The zero-order valence-electron chi connectivity index (χ0n) is 8.05. The molecule has 0 unspecified atom stereocenters. The summed E-state index contributed by atoms with van der Waals surface area (Å²) in [7, 11) is 0. The van der Waals surface area contributed by atoms with E-state index in [1.54, 1.807) is 0 Å². The van der Waals surface area contributed by atoms with E-state index in [9.17, 15) is 18.9 Å². The summed E-state index contributed by atoms with van der Waals surface area (Å²) >= 11 is 0. The van der Waals surface area contributed by atoms with Gasteiger partial charge in [-0.3, -0.25) is 10.1 Å². The molecule has 2 aromatic rings. The largest absolute Gasteiger partial charge is 0.351 e. The molecule has 0 atom stereocenters. The zero-order chi connectivity index (χ0) is 12.6. The fourth-order valence-corrected chi connectivity index (χ4v) is 1.22. The summed E-state index contributed by atoms with van der Waals surface area (Å²) < 4.78 is 31.3. The highest BCUT2D eigenvalue weighted by Crippen LogP contribution is 2.29. The number of aromatic nitrogens is 2. The lowest BCUT2D eigenvalue weighted by molar-refractivity contribution is -0.387. The third kappa shape index (κ3) is 1.77. The number of benzene rings is 1. The standard InChI is InChI=1S/C8H4F2N4O3/c9-3-1-2-4(14(15)16)6(10)5(3)7-12-8(11)17-13-7/h1-2H,(H2,11,12,13). The van der Waals surface area contributed by atoms with E-state index in [4.69, 9.17) is 5.73 Å². The molecule has 2 rings (SSSR count). The minimum atomic E-state index is -1.38. The van der Waals surface area contributed by atoms with E-state index < -0.39 is 39.6 Å². The Labute approximate surface area is 92.0 Å². The van der Waals surface area contributed by atoms with Gasteiger partial charge in [-0.2, -0.15) is 9.37 Å². The molecule has 7 nitrogen and oxygen atoms in total. The van der Waals surface area contributed by atoms with Crippen molar-refractivity contribution in [3.63, 3.8) is 0 Å². The number of hydrogen-bond donors (Lipinski definition) is 1. The van der Waals surface area contributed by atoms with Crippen LogP contribution >= 0.6 is 0 Å². The highest BCUT2D eigenvalue weighted by atomic mass is 19.1. The van der Waals surface area contributed by atoms with Gasteiger partial charge < -0.3 is 10.3 Å². The topological polar surface area (TPSA) is 108 Å². The normalized spacial score (nSPS) is 10.5. The van der Waals surface area contributed by atoms with Crippen LogP contribution in [0, 0.1) is 21.7 Å². The number of nitrogen functional groups attached to an aromatic ring is 1. The van der Waals surface area contributed by atoms with E-state index in [2.05, 4.69) is 14.7 Å². The Morgan fingerprint density at radius 2 is 2.12 bits per heavy atom. The second kappa shape index (κ2) is 3.77. The van der Waals surface area contributed by atoms with Crippen LogP contribution in [0.2, 0.25) is 0 Å². The third-order valence-corrected chi connectivity index (χ3v) is 1.93. The average molecular weight is 242 g/mol. The summed E-state index contributed by atoms with van der Waals surface area (Å²) in [6, 6.07) is 1.05. The van der Waals surface area contributed by atoms with Crippen molar-refractivity contribution in [1.29, 1.82) is 0 Å². The second-order valence-electron chi connectivity index (χ2n) is 2.97. The van der Waals surface area contributed by atoms with Crippen molar-refractivity contribution in [1.82, 2.24) is 10.1 Å². The van der Waals surface area contributed by atoms with Crippen LogP contribution in [0.25, 0.3) is 11.4 Å². The van der Waals surface area contributed by atoms with E-state index in [0.717, 1.165) is 6.07 Å². The van der Waals surface area contributed by atoms with Gasteiger partial charge in [0, 0.05) is 6.07 Å². The van der Waals surface area contributed by atoms with Crippen LogP contribution in [0.15, 0.2) is 16.7 Å². The van der Waals surface area contributed by atoms with Gasteiger partial charge in [0.15, 0.2) is 0 Å². The number of nitro benzene ring substituents is 1. The maximum Gasteiger partial charge on any atom is 0.319 e. The van der Waals surface area contributed by atoms with Crippen molar-refractivity contribution < 1.29 is 18.2 Å². The number of rotatable bonds is 2. The van der Waals surface area contributed by atoms with Crippen LogP contribution in [0.4, 0.5) is 20.5 Å². The monoisotopic (exact) mass is 242 g/mol. The molecule has 1 aromatic heterocycles. The van der Waals surface area contributed by atoms with Gasteiger partial charge in [0.2, 0.25) is 11.6 Å². The van der Waals surface area contributed by atoms with Gasteiger partial charge >= 0.3 is 11.7 Å². The summed E-state index contributed by atoms with van der Waals surface area (Å²) in [5, 5.41) is 13.7. The predicted octanol–water partition coefficient (Wildman–Crippen LogP) is 1.51. The molecule has 9 heteroatoms. The minimum Gasteiger partial charge on any atom is -0.351 e. The molecule has 88 valence electrons. The quantitative estimate of drug-likeness (QED) is 0.631. The average Bonchev–Trinajstić information content (AvgIpc) is 2.64. The number of nitrogens with zero attached hydrogens (tertiary/aromatic N) is 3. The van der Waals surface area contributed by atoms with E-state index in [0.29, 0.717) is 6.07 Å². The third-order valence-electron chi connectivity index (χ3n) is 1.93. The molecule has 0 fully saturated rings. The Morgan fingerprint density at radius 1 is 1.41 bits per heavy atom. The smallest absolute Gasteiger partial charge is 0.319 e. The molecule has 2 N–H and O–H groups in total. The molecule has 17 heavy (non-hydrogen) atoms. The SMILES string of the molecule is Nc1nc(-c2c(F)ccc([N+](=O)[O-])c2F)no1.